The first-order valence-corrected chi connectivity index (χ1v) is 5.76. The highest BCUT2D eigenvalue weighted by Gasteiger charge is 2.09. The number of benzene rings is 1. The number of methoxy groups -OCH3 is 1. The first kappa shape index (κ1) is 13.9. The predicted molar refractivity (Wildman–Crippen MR) is 70.6 cm³/mol. The van der Waals surface area contributed by atoms with Gasteiger partial charge in [0.1, 0.15) is 17.8 Å². The van der Waals surface area contributed by atoms with Crippen LogP contribution in [0.2, 0.25) is 0 Å². The van der Waals surface area contributed by atoms with Crippen LogP contribution in [0.4, 0.5) is 8.78 Å². The maximum absolute atomic E-state index is 12.3. The lowest BCUT2D eigenvalue weighted by molar-refractivity contribution is -0.0500. The predicted octanol–water partition coefficient (Wildman–Crippen LogP) is 3.26. The highest BCUT2D eigenvalue weighted by Crippen LogP contribution is 2.27. The molecule has 0 spiro atoms. The van der Waals surface area contributed by atoms with E-state index in [-0.39, 0.29) is 5.75 Å². The van der Waals surface area contributed by atoms with Crippen LogP contribution in [0.1, 0.15) is 11.3 Å². The summed E-state index contributed by atoms with van der Waals surface area (Å²) in [6.45, 7) is -2.88. The molecule has 2 rings (SSSR count). The Balaban J connectivity index is 2.30. The van der Waals surface area contributed by atoms with Crippen molar-refractivity contribution >= 4 is 12.2 Å². The van der Waals surface area contributed by atoms with Gasteiger partial charge in [0, 0.05) is 11.8 Å². The van der Waals surface area contributed by atoms with Gasteiger partial charge in [-0.15, -0.1) is 0 Å². The zero-order valence-corrected chi connectivity index (χ0v) is 10.7. The second-order valence-corrected chi connectivity index (χ2v) is 3.75. The van der Waals surface area contributed by atoms with Crippen molar-refractivity contribution < 1.29 is 18.3 Å². The first-order chi connectivity index (χ1) is 9.69. The number of hydrogen-bond acceptors (Lipinski definition) is 4. The third kappa shape index (κ3) is 3.74. The standard InChI is InChI=1S/C14H12F2N2O2/c1-19-12-4-5-13(20-14(15)16)10(8-12)2-3-11-6-7-17-9-18-11/h2-9,14H,1H3. The number of alkyl halides is 2. The Morgan fingerprint density at radius 3 is 2.70 bits per heavy atom. The second-order valence-electron chi connectivity index (χ2n) is 3.75. The van der Waals surface area contributed by atoms with E-state index in [2.05, 4.69) is 14.7 Å². The maximum Gasteiger partial charge on any atom is 0.387 e. The molecule has 104 valence electrons. The zero-order chi connectivity index (χ0) is 14.4. The van der Waals surface area contributed by atoms with Crippen LogP contribution in [0, 0.1) is 0 Å². The van der Waals surface area contributed by atoms with Crippen molar-refractivity contribution in [3.63, 3.8) is 0 Å². The Morgan fingerprint density at radius 1 is 1.20 bits per heavy atom. The van der Waals surface area contributed by atoms with Crippen LogP contribution in [0.15, 0.2) is 36.8 Å². The smallest absolute Gasteiger partial charge is 0.387 e. The number of ether oxygens (including phenoxy) is 2. The van der Waals surface area contributed by atoms with Crippen LogP contribution in [0.5, 0.6) is 11.5 Å². The molecule has 1 heterocycles. The lowest BCUT2D eigenvalue weighted by Crippen LogP contribution is -2.03. The molecule has 0 N–H and O–H groups in total. The molecule has 0 unspecified atom stereocenters. The van der Waals surface area contributed by atoms with Gasteiger partial charge in [-0.1, -0.05) is 0 Å². The first-order valence-electron chi connectivity index (χ1n) is 5.76. The van der Waals surface area contributed by atoms with E-state index in [9.17, 15) is 8.78 Å². The normalized spacial score (nSPS) is 11.0. The largest absolute Gasteiger partial charge is 0.497 e. The van der Waals surface area contributed by atoms with Gasteiger partial charge in [-0.3, -0.25) is 0 Å². The van der Waals surface area contributed by atoms with Crippen LogP contribution in [-0.2, 0) is 0 Å². The van der Waals surface area contributed by atoms with Gasteiger partial charge in [-0.2, -0.15) is 8.78 Å². The molecule has 20 heavy (non-hydrogen) atoms. The van der Waals surface area contributed by atoms with Crippen molar-refractivity contribution in [3.05, 3.63) is 48.0 Å². The van der Waals surface area contributed by atoms with Gasteiger partial charge in [-0.25, -0.2) is 9.97 Å². The number of rotatable bonds is 5. The van der Waals surface area contributed by atoms with E-state index in [1.165, 1.54) is 19.5 Å². The van der Waals surface area contributed by atoms with Crippen LogP contribution in [-0.4, -0.2) is 23.7 Å². The van der Waals surface area contributed by atoms with Crippen molar-refractivity contribution in [2.45, 2.75) is 6.61 Å². The van der Waals surface area contributed by atoms with Crippen LogP contribution < -0.4 is 9.47 Å². The van der Waals surface area contributed by atoms with E-state index in [0.717, 1.165) is 0 Å². The van der Waals surface area contributed by atoms with Gasteiger partial charge >= 0.3 is 6.61 Å². The average molecular weight is 278 g/mol. The van der Waals surface area contributed by atoms with Gasteiger partial charge < -0.3 is 9.47 Å². The summed E-state index contributed by atoms with van der Waals surface area (Å²) in [4.78, 5) is 7.80. The fraction of sp³-hybridized carbons (Fsp3) is 0.143. The van der Waals surface area contributed by atoms with E-state index in [1.54, 1.807) is 36.5 Å². The van der Waals surface area contributed by atoms with Crippen molar-refractivity contribution in [2.75, 3.05) is 7.11 Å². The summed E-state index contributed by atoms with van der Waals surface area (Å²) in [6, 6.07) is 6.30. The minimum atomic E-state index is -2.88. The summed E-state index contributed by atoms with van der Waals surface area (Å²) in [5.74, 6) is 0.625. The van der Waals surface area contributed by atoms with E-state index in [1.807, 2.05) is 0 Å². The molecule has 0 bridgehead atoms. The summed E-state index contributed by atoms with van der Waals surface area (Å²) >= 11 is 0. The summed E-state index contributed by atoms with van der Waals surface area (Å²) in [6.07, 6.45) is 6.30. The lowest BCUT2D eigenvalue weighted by atomic mass is 10.1. The third-order valence-corrected chi connectivity index (χ3v) is 2.47. The van der Waals surface area contributed by atoms with Crippen molar-refractivity contribution in [3.8, 4) is 11.5 Å². The van der Waals surface area contributed by atoms with Crippen LogP contribution in [0.3, 0.4) is 0 Å². The molecule has 1 aromatic carbocycles. The van der Waals surface area contributed by atoms with Crippen molar-refractivity contribution in [1.82, 2.24) is 9.97 Å². The van der Waals surface area contributed by atoms with Crippen LogP contribution >= 0.6 is 0 Å². The highest BCUT2D eigenvalue weighted by molar-refractivity contribution is 5.72. The Morgan fingerprint density at radius 2 is 2.05 bits per heavy atom. The molecule has 1 aromatic heterocycles. The third-order valence-electron chi connectivity index (χ3n) is 2.47. The molecular formula is C14H12F2N2O2. The number of aromatic nitrogens is 2. The molecule has 0 aliphatic carbocycles. The molecule has 0 amide bonds. The van der Waals surface area contributed by atoms with Crippen LogP contribution in [0.25, 0.3) is 12.2 Å². The average Bonchev–Trinajstić information content (AvgIpc) is 2.47. The molecule has 0 aliphatic heterocycles. The molecule has 0 fully saturated rings. The quantitative estimate of drug-likeness (QED) is 0.842. The van der Waals surface area contributed by atoms with Crippen molar-refractivity contribution in [2.24, 2.45) is 0 Å². The SMILES string of the molecule is COc1ccc(OC(F)F)c(C=Cc2ccncn2)c1. The van der Waals surface area contributed by atoms with Gasteiger partial charge in [0.05, 0.1) is 12.8 Å². The van der Waals surface area contributed by atoms with E-state index >= 15 is 0 Å². The molecule has 0 saturated carbocycles. The van der Waals surface area contributed by atoms with Gasteiger partial charge in [-0.05, 0) is 36.4 Å². The summed E-state index contributed by atoms with van der Waals surface area (Å²) in [5, 5.41) is 0. The van der Waals surface area contributed by atoms with E-state index < -0.39 is 6.61 Å². The minimum absolute atomic E-state index is 0.0751. The summed E-state index contributed by atoms with van der Waals surface area (Å²) in [7, 11) is 1.50. The van der Waals surface area contributed by atoms with E-state index in [0.29, 0.717) is 17.0 Å². The Bertz CT molecular complexity index is 589. The molecule has 6 heteroatoms. The molecule has 2 aromatic rings. The highest BCUT2D eigenvalue weighted by atomic mass is 19.3. The Hall–Kier alpha value is -2.50. The second kappa shape index (κ2) is 6.60. The lowest BCUT2D eigenvalue weighted by Gasteiger charge is -2.09. The monoisotopic (exact) mass is 278 g/mol. The van der Waals surface area contributed by atoms with Gasteiger partial charge in [0.25, 0.3) is 0 Å². The molecule has 0 aliphatic rings. The van der Waals surface area contributed by atoms with Gasteiger partial charge in [0.15, 0.2) is 0 Å². The summed E-state index contributed by atoms with van der Waals surface area (Å²) < 4.78 is 34.2. The fourth-order valence-corrected chi connectivity index (χ4v) is 1.56. The Labute approximate surface area is 114 Å². The Kier molecular flexibility index (Phi) is 4.60. The topological polar surface area (TPSA) is 44.2 Å². The van der Waals surface area contributed by atoms with E-state index in [4.69, 9.17) is 4.74 Å². The number of nitrogens with zero attached hydrogens (tertiary/aromatic N) is 2. The molecular weight excluding hydrogens is 266 g/mol. The molecule has 0 radical (unpaired) electrons. The van der Waals surface area contributed by atoms with Crippen molar-refractivity contribution in [1.29, 1.82) is 0 Å². The number of halogens is 2. The maximum atomic E-state index is 12.3. The number of hydrogen-bond donors (Lipinski definition) is 0. The molecule has 0 saturated heterocycles. The van der Waals surface area contributed by atoms with Gasteiger partial charge in [0.2, 0.25) is 0 Å². The molecule has 0 atom stereocenters. The zero-order valence-electron chi connectivity index (χ0n) is 10.7. The minimum Gasteiger partial charge on any atom is -0.497 e. The molecule has 4 nitrogen and oxygen atoms in total. The fourth-order valence-electron chi connectivity index (χ4n) is 1.56. The summed E-state index contributed by atoms with van der Waals surface area (Å²) in [5.41, 5.74) is 1.13.